The standard InChI is InChI=1S/C23H34ClN3O3/c1-17(2)20(26-21(28)18-8-4-5-9-19(18)24)22(29)25-16-23(10-6-3-7-11-23)27-12-14-30-15-13-27/h4-5,8-9,17,20H,3,6-7,10-16H2,1-2H3,(H,25,29)(H,26,28). The van der Waals surface area contributed by atoms with Gasteiger partial charge in [-0.05, 0) is 30.9 Å². The molecule has 1 heterocycles. The smallest absolute Gasteiger partial charge is 0.253 e. The molecule has 1 saturated heterocycles. The zero-order valence-electron chi connectivity index (χ0n) is 18.1. The molecule has 0 spiro atoms. The first-order valence-corrected chi connectivity index (χ1v) is 11.5. The number of hydrogen-bond donors (Lipinski definition) is 2. The van der Waals surface area contributed by atoms with E-state index in [0.29, 0.717) is 17.1 Å². The van der Waals surface area contributed by atoms with E-state index < -0.39 is 6.04 Å². The van der Waals surface area contributed by atoms with Crippen molar-refractivity contribution in [2.75, 3.05) is 32.8 Å². The van der Waals surface area contributed by atoms with Crippen LogP contribution in [0.1, 0.15) is 56.3 Å². The molecule has 1 unspecified atom stereocenters. The molecule has 166 valence electrons. The normalized spacial score (nSPS) is 20.5. The van der Waals surface area contributed by atoms with Crippen molar-refractivity contribution >= 4 is 23.4 Å². The Hall–Kier alpha value is -1.63. The minimum absolute atomic E-state index is 0.00797. The number of nitrogens with zero attached hydrogens (tertiary/aromatic N) is 1. The lowest BCUT2D eigenvalue weighted by atomic mass is 9.79. The molecular formula is C23H34ClN3O3. The van der Waals surface area contributed by atoms with Gasteiger partial charge in [0.05, 0.1) is 23.8 Å². The number of benzene rings is 1. The van der Waals surface area contributed by atoms with Gasteiger partial charge in [-0.25, -0.2) is 0 Å². The molecule has 2 aliphatic rings. The Bertz CT molecular complexity index is 728. The number of morpholine rings is 1. The van der Waals surface area contributed by atoms with Gasteiger partial charge < -0.3 is 15.4 Å². The number of nitrogens with one attached hydrogen (secondary N) is 2. The highest BCUT2D eigenvalue weighted by atomic mass is 35.5. The zero-order valence-corrected chi connectivity index (χ0v) is 18.8. The van der Waals surface area contributed by atoms with Crippen LogP contribution >= 0.6 is 11.6 Å². The topological polar surface area (TPSA) is 70.7 Å². The maximum atomic E-state index is 13.1. The van der Waals surface area contributed by atoms with E-state index in [2.05, 4.69) is 15.5 Å². The van der Waals surface area contributed by atoms with Crippen LogP contribution in [0.4, 0.5) is 0 Å². The van der Waals surface area contributed by atoms with Crippen molar-refractivity contribution in [2.45, 2.75) is 57.5 Å². The summed E-state index contributed by atoms with van der Waals surface area (Å²) < 4.78 is 5.54. The first kappa shape index (κ1) is 23.0. The fourth-order valence-electron chi connectivity index (χ4n) is 4.61. The minimum Gasteiger partial charge on any atom is -0.379 e. The second-order valence-corrected chi connectivity index (χ2v) is 9.18. The Kier molecular flexibility index (Phi) is 8.14. The quantitative estimate of drug-likeness (QED) is 0.689. The molecule has 1 aromatic carbocycles. The van der Waals surface area contributed by atoms with Crippen LogP contribution in [0.25, 0.3) is 0 Å². The van der Waals surface area contributed by atoms with E-state index >= 15 is 0 Å². The molecule has 0 aromatic heterocycles. The van der Waals surface area contributed by atoms with Crippen molar-refractivity contribution in [3.8, 4) is 0 Å². The summed E-state index contributed by atoms with van der Waals surface area (Å²) in [7, 11) is 0. The van der Waals surface area contributed by atoms with Gasteiger partial charge in [0.15, 0.2) is 0 Å². The molecule has 0 bridgehead atoms. The number of ether oxygens (including phenoxy) is 1. The lowest BCUT2D eigenvalue weighted by Crippen LogP contribution is -2.61. The first-order chi connectivity index (χ1) is 14.4. The third kappa shape index (κ3) is 5.54. The predicted octanol–water partition coefficient (Wildman–Crippen LogP) is 3.25. The fraction of sp³-hybridized carbons (Fsp3) is 0.652. The van der Waals surface area contributed by atoms with Gasteiger partial charge in [-0.15, -0.1) is 0 Å². The number of rotatable bonds is 7. The summed E-state index contributed by atoms with van der Waals surface area (Å²) in [5.41, 5.74) is 0.376. The van der Waals surface area contributed by atoms with Gasteiger partial charge in [0.1, 0.15) is 6.04 Å². The SMILES string of the molecule is CC(C)C(NC(=O)c1ccccc1Cl)C(=O)NCC1(N2CCOCC2)CCCCC1. The van der Waals surface area contributed by atoms with Crippen molar-refractivity contribution < 1.29 is 14.3 Å². The second-order valence-electron chi connectivity index (χ2n) is 8.78. The molecule has 1 aliphatic carbocycles. The maximum Gasteiger partial charge on any atom is 0.253 e. The molecule has 6 nitrogen and oxygen atoms in total. The average molecular weight is 436 g/mol. The summed E-state index contributed by atoms with van der Waals surface area (Å²) in [4.78, 5) is 28.3. The molecule has 3 rings (SSSR count). The van der Waals surface area contributed by atoms with Crippen LogP contribution in [0.2, 0.25) is 5.02 Å². The summed E-state index contributed by atoms with van der Waals surface area (Å²) in [6, 6.07) is 6.28. The van der Waals surface area contributed by atoms with E-state index in [1.54, 1.807) is 24.3 Å². The summed E-state index contributed by atoms with van der Waals surface area (Å²) in [5, 5.41) is 6.44. The highest BCUT2D eigenvalue weighted by Crippen LogP contribution is 2.34. The number of carbonyl (C=O) groups is 2. The molecule has 1 atom stereocenters. The predicted molar refractivity (Wildman–Crippen MR) is 119 cm³/mol. The van der Waals surface area contributed by atoms with Crippen molar-refractivity contribution in [1.82, 2.24) is 15.5 Å². The lowest BCUT2D eigenvalue weighted by molar-refractivity contribution is -0.125. The summed E-state index contributed by atoms with van der Waals surface area (Å²) in [6.45, 7) is 7.80. The van der Waals surface area contributed by atoms with Crippen LogP contribution in [0, 0.1) is 5.92 Å². The van der Waals surface area contributed by atoms with Crippen LogP contribution < -0.4 is 10.6 Å². The molecule has 0 radical (unpaired) electrons. The minimum atomic E-state index is -0.612. The van der Waals surface area contributed by atoms with Crippen LogP contribution in [-0.4, -0.2) is 61.1 Å². The highest BCUT2D eigenvalue weighted by Gasteiger charge is 2.39. The van der Waals surface area contributed by atoms with E-state index in [4.69, 9.17) is 16.3 Å². The van der Waals surface area contributed by atoms with Gasteiger partial charge in [-0.1, -0.05) is 56.8 Å². The van der Waals surface area contributed by atoms with E-state index in [1.165, 1.54) is 19.3 Å². The molecular weight excluding hydrogens is 402 g/mol. The first-order valence-electron chi connectivity index (χ1n) is 11.1. The third-order valence-electron chi connectivity index (χ3n) is 6.41. The Morgan fingerprint density at radius 2 is 1.80 bits per heavy atom. The van der Waals surface area contributed by atoms with E-state index in [-0.39, 0.29) is 23.3 Å². The number of halogens is 1. The van der Waals surface area contributed by atoms with Crippen LogP contribution in [0.3, 0.4) is 0 Å². The van der Waals surface area contributed by atoms with Crippen molar-refractivity contribution in [3.05, 3.63) is 34.9 Å². The molecule has 1 aromatic rings. The molecule has 1 saturated carbocycles. The van der Waals surface area contributed by atoms with Crippen molar-refractivity contribution in [2.24, 2.45) is 5.92 Å². The van der Waals surface area contributed by atoms with Gasteiger partial charge in [0.25, 0.3) is 5.91 Å². The Morgan fingerprint density at radius 1 is 1.13 bits per heavy atom. The molecule has 7 heteroatoms. The number of carbonyl (C=O) groups excluding carboxylic acids is 2. The summed E-state index contributed by atoms with van der Waals surface area (Å²) in [5.74, 6) is -0.499. The average Bonchev–Trinajstić information content (AvgIpc) is 2.77. The fourth-order valence-corrected chi connectivity index (χ4v) is 4.83. The summed E-state index contributed by atoms with van der Waals surface area (Å²) >= 11 is 6.15. The monoisotopic (exact) mass is 435 g/mol. The van der Waals surface area contributed by atoms with Crippen LogP contribution in [0.15, 0.2) is 24.3 Å². The Balaban J connectivity index is 1.66. The third-order valence-corrected chi connectivity index (χ3v) is 6.74. The Labute approximate surface area is 184 Å². The molecule has 1 aliphatic heterocycles. The van der Waals surface area contributed by atoms with Crippen molar-refractivity contribution in [3.63, 3.8) is 0 Å². The largest absolute Gasteiger partial charge is 0.379 e. The maximum absolute atomic E-state index is 13.1. The second kappa shape index (κ2) is 10.6. The van der Waals surface area contributed by atoms with E-state index in [0.717, 1.165) is 39.1 Å². The molecule has 2 amide bonds. The van der Waals surface area contributed by atoms with Gasteiger partial charge in [0, 0.05) is 25.2 Å². The van der Waals surface area contributed by atoms with E-state index in [9.17, 15) is 9.59 Å². The molecule has 30 heavy (non-hydrogen) atoms. The Morgan fingerprint density at radius 3 is 2.43 bits per heavy atom. The van der Waals surface area contributed by atoms with Crippen LogP contribution in [-0.2, 0) is 9.53 Å². The van der Waals surface area contributed by atoms with Gasteiger partial charge in [0.2, 0.25) is 5.91 Å². The zero-order chi connectivity index (χ0) is 21.6. The van der Waals surface area contributed by atoms with Gasteiger partial charge >= 0.3 is 0 Å². The van der Waals surface area contributed by atoms with Gasteiger partial charge in [-0.2, -0.15) is 0 Å². The van der Waals surface area contributed by atoms with Crippen LogP contribution in [0.5, 0.6) is 0 Å². The number of amides is 2. The number of hydrogen-bond acceptors (Lipinski definition) is 4. The van der Waals surface area contributed by atoms with Gasteiger partial charge in [-0.3, -0.25) is 14.5 Å². The highest BCUT2D eigenvalue weighted by molar-refractivity contribution is 6.33. The molecule has 2 N–H and O–H groups in total. The lowest BCUT2D eigenvalue weighted by Gasteiger charge is -2.48. The summed E-state index contributed by atoms with van der Waals surface area (Å²) in [6.07, 6.45) is 5.80. The van der Waals surface area contributed by atoms with E-state index in [1.807, 2.05) is 13.8 Å². The van der Waals surface area contributed by atoms with Crippen molar-refractivity contribution in [1.29, 1.82) is 0 Å². The molecule has 2 fully saturated rings.